The Bertz CT molecular complexity index is 972. The lowest BCUT2D eigenvalue weighted by Crippen LogP contribution is -2.49. The number of benzene rings is 1. The fourth-order valence-electron chi connectivity index (χ4n) is 3.71. The second-order valence-electron chi connectivity index (χ2n) is 7.52. The highest BCUT2D eigenvalue weighted by molar-refractivity contribution is 6.01. The summed E-state index contributed by atoms with van der Waals surface area (Å²) in [5.41, 5.74) is 6.15. The van der Waals surface area contributed by atoms with Crippen LogP contribution in [0.2, 0.25) is 0 Å². The van der Waals surface area contributed by atoms with E-state index in [4.69, 9.17) is 5.73 Å². The Morgan fingerprint density at radius 3 is 2.28 bits per heavy atom. The minimum Gasteiger partial charge on any atom is -0.384 e. The Labute approximate surface area is 170 Å². The van der Waals surface area contributed by atoms with Gasteiger partial charge in [-0.3, -0.25) is 28.5 Å². The fraction of sp³-hybridized carbons (Fsp3) is 0.476. The van der Waals surface area contributed by atoms with Crippen molar-refractivity contribution in [2.45, 2.75) is 26.4 Å². The summed E-state index contributed by atoms with van der Waals surface area (Å²) in [5, 5.41) is 0. The molecule has 0 bridgehead atoms. The number of Topliss-reactive ketones (excluding diaryl/α,β-unsaturated/α-hetero) is 1. The lowest BCUT2D eigenvalue weighted by Gasteiger charge is -2.34. The van der Waals surface area contributed by atoms with Crippen LogP contribution < -0.4 is 17.0 Å². The molecule has 8 nitrogen and oxygen atoms in total. The van der Waals surface area contributed by atoms with Gasteiger partial charge in [0.25, 0.3) is 5.56 Å². The Hall–Kier alpha value is -2.71. The summed E-state index contributed by atoms with van der Waals surface area (Å²) in [7, 11) is 1.38. The maximum Gasteiger partial charge on any atom is 0.332 e. The van der Waals surface area contributed by atoms with Crippen molar-refractivity contribution in [3.05, 3.63) is 62.3 Å². The third-order valence-corrected chi connectivity index (χ3v) is 5.39. The zero-order valence-electron chi connectivity index (χ0n) is 17.1. The number of rotatable bonds is 7. The van der Waals surface area contributed by atoms with E-state index in [2.05, 4.69) is 17.0 Å². The number of nitrogen functional groups attached to an aromatic ring is 1. The summed E-state index contributed by atoms with van der Waals surface area (Å²) < 4.78 is 2.28. The van der Waals surface area contributed by atoms with Gasteiger partial charge in [-0.05, 0) is 12.0 Å². The van der Waals surface area contributed by atoms with Crippen LogP contribution in [0, 0.1) is 0 Å². The van der Waals surface area contributed by atoms with E-state index in [0.29, 0.717) is 13.0 Å². The molecule has 1 aliphatic heterocycles. The molecule has 156 valence electrons. The molecule has 0 atom stereocenters. The smallest absolute Gasteiger partial charge is 0.332 e. The standard InChI is InChI=1S/C21H29N5O3/c1-3-9-26-19(22)18(20(28)23(2)21(26)29)17(27)15-25-12-10-24(11-13-25)14-16-7-5-4-6-8-16/h4-8H,3,9-15,22H2,1-2H3. The molecule has 2 heterocycles. The maximum atomic E-state index is 12.9. The second-order valence-corrected chi connectivity index (χ2v) is 7.52. The molecule has 1 fully saturated rings. The molecule has 1 aliphatic rings. The number of nitrogens with two attached hydrogens (primary N) is 1. The van der Waals surface area contributed by atoms with Crippen molar-refractivity contribution in [2.75, 3.05) is 38.5 Å². The molecule has 0 amide bonds. The Kier molecular flexibility index (Phi) is 6.66. The number of nitrogens with zero attached hydrogens (tertiary/aromatic N) is 4. The van der Waals surface area contributed by atoms with Gasteiger partial charge in [-0.1, -0.05) is 37.3 Å². The summed E-state index contributed by atoms with van der Waals surface area (Å²) in [4.78, 5) is 42.1. The summed E-state index contributed by atoms with van der Waals surface area (Å²) in [6.07, 6.45) is 0.680. The minimum atomic E-state index is -0.618. The molecule has 1 saturated heterocycles. The number of hydrogen-bond acceptors (Lipinski definition) is 6. The number of carbonyl (C=O) groups excluding carboxylic acids is 1. The number of anilines is 1. The molecule has 2 N–H and O–H groups in total. The number of hydrogen-bond donors (Lipinski definition) is 1. The lowest BCUT2D eigenvalue weighted by molar-refractivity contribution is 0.0842. The maximum absolute atomic E-state index is 12.9. The van der Waals surface area contributed by atoms with Crippen LogP contribution in [0.4, 0.5) is 5.82 Å². The fourth-order valence-corrected chi connectivity index (χ4v) is 3.71. The molecule has 3 rings (SSSR count). The average Bonchev–Trinajstić information content (AvgIpc) is 2.72. The summed E-state index contributed by atoms with van der Waals surface area (Å²) in [6.45, 7) is 6.49. The number of aromatic nitrogens is 2. The molecule has 0 unspecified atom stereocenters. The van der Waals surface area contributed by atoms with Crippen LogP contribution in [-0.2, 0) is 20.1 Å². The summed E-state index contributed by atoms with van der Waals surface area (Å²) in [6, 6.07) is 10.3. The van der Waals surface area contributed by atoms with Crippen molar-refractivity contribution in [3.8, 4) is 0 Å². The minimum absolute atomic E-state index is 0.0207. The zero-order valence-corrected chi connectivity index (χ0v) is 17.1. The van der Waals surface area contributed by atoms with Crippen LogP contribution in [0.3, 0.4) is 0 Å². The highest BCUT2D eigenvalue weighted by Crippen LogP contribution is 2.11. The Balaban J connectivity index is 1.67. The van der Waals surface area contributed by atoms with E-state index < -0.39 is 11.2 Å². The van der Waals surface area contributed by atoms with Crippen LogP contribution in [-0.4, -0.2) is 57.4 Å². The predicted molar refractivity (Wildman–Crippen MR) is 113 cm³/mol. The monoisotopic (exact) mass is 399 g/mol. The topological polar surface area (TPSA) is 93.6 Å². The van der Waals surface area contributed by atoms with Crippen molar-refractivity contribution in [1.29, 1.82) is 0 Å². The van der Waals surface area contributed by atoms with E-state index in [1.807, 2.05) is 30.0 Å². The van der Waals surface area contributed by atoms with E-state index in [9.17, 15) is 14.4 Å². The van der Waals surface area contributed by atoms with Crippen LogP contribution in [0.5, 0.6) is 0 Å². The SMILES string of the molecule is CCCn1c(N)c(C(=O)CN2CCN(Cc3ccccc3)CC2)c(=O)n(C)c1=O. The van der Waals surface area contributed by atoms with Gasteiger partial charge in [0, 0.05) is 46.3 Å². The molecular formula is C21H29N5O3. The molecule has 29 heavy (non-hydrogen) atoms. The van der Waals surface area contributed by atoms with E-state index >= 15 is 0 Å². The Morgan fingerprint density at radius 2 is 1.66 bits per heavy atom. The van der Waals surface area contributed by atoms with E-state index in [0.717, 1.165) is 37.3 Å². The third kappa shape index (κ3) is 4.65. The van der Waals surface area contributed by atoms with Crippen LogP contribution >= 0.6 is 0 Å². The second kappa shape index (κ2) is 9.19. The molecule has 1 aromatic heterocycles. The predicted octanol–water partition coefficient (Wildman–Crippen LogP) is 0.540. The van der Waals surface area contributed by atoms with Crippen molar-refractivity contribution >= 4 is 11.6 Å². The number of ketones is 1. The highest BCUT2D eigenvalue weighted by atomic mass is 16.2. The normalized spacial score (nSPS) is 15.5. The first kappa shape index (κ1) is 21.0. The summed E-state index contributed by atoms with van der Waals surface area (Å²) in [5.74, 6) is -0.350. The Morgan fingerprint density at radius 1 is 1.03 bits per heavy atom. The first-order valence-corrected chi connectivity index (χ1v) is 10.0. The molecule has 0 radical (unpaired) electrons. The lowest BCUT2D eigenvalue weighted by atomic mass is 10.1. The third-order valence-electron chi connectivity index (χ3n) is 5.39. The first-order valence-electron chi connectivity index (χ1n) is 10.0. The number of piperazine rings is 1. The molecule has 8 heteroatoms. The molecule has 1 aromatic carbocycles. The van der Waals surface area contributed by atoms with Gasteiger partial charge in [-0.15, -0.1) is 0 Å². The van der Waals surface area contributed by atoms with E-state index in [1.54, 1.807) is 0 Å². The van der Waals surface area contributed by atoms with Gasteiger partial charge in [0.15, 0.2) is 5.78 Å². The van der Waals surface area contributed by atoms with Crippen molar-refractivity contribution in [1.82, 2.24) is 18.9 Å². The molecule has 2 aromatic rings. The van der Waals surface area contributed by atoms with Crippen LogP contribution in [0.25, 0.3) is 0 Å². The van der Waals surface area contributed by atoms with Gasteiger partial charge in [-0.2, -0.15) is 0 Å². The zero-order chi connectivity index (χ0) is 21.0. The van der Waals surface area contributed by atoms with Gasteiger partial charge in [-0.25, -0.2) is 4.79 Å². The van der Waals surface area contributed by atoms with Crippen molar-refractivity contribution < 1.29 is 4.79 Å². The number of carbonyl (C=O) groups is 1. The van der Waals surface area contributed by atoms with Crippen molar-refractivity contribution in [3.63, 3.8) is 0 Å². The first-order chi connectivity index (χ1) is 13.9. The van der Waals surface area contributed by atoms with Gasteiger partial charge in [0.1, 0.15) is 11.4 Å². The van der Waals surface area contributed by atoms with E-state index in [1.165, 1.54) is 17.2 Å². The van der Waals surface area contributed by atoms with Crippen molar-refractivity contribution in [2.24, 2.45) is 7.05 Å². The molecule has 0 saturated carbocycles. The summed E-state index contributed by atoms with van der Waals surface area (Å²) >= 11 is 0. The van der Waals surface area contributed by atoms with Gasteiger partial charge < -0.3 is 5.73 Å². The van der Waals surface area contributed by atoms with Crippen LogP contribution in [0.1, 0.15) is 29.3 Å². The molecule has 0 aliphatic carbocycles. The van der Waals surface area contributed by atoms with Gasteiger partial charge in [0.05, 0.1) is 6.54 Å². The largest absolute Gasteiger partial charge is 0.384 e. The van der Waals surface area contributed by atoms with E-state index in [-0.39, 0.29) is 23.7 Å². The van der Waals surface area contributed by atoms with Gasteiger partial charge >= 0.3 is 5.69 Å². The van der Waals surface area contributed by atoms with Gasteiger partial charge in [0.2, 0.25) is 0 Å². The average molecular weight is 399 g/mol. The van der Waals surface area contributed by atoms with Crippen LogP contribution in [0.15, 0.2) is 39.9 Å². The molecular weight excluding hydrogens is 370 g/mol. The highest BCUT2D eigenvalue weighted by Gasteiger charge is 2.25. The molecule has 0 spiro atoms. The quantitative estimate of drug-likeness (QED) is 0.683.